The molecular weight excluding hydrogens is 364 g/mol. The Morgan fingerprint density at radius 2 is 2.00 bits per heavy atom. The van der Waals surface area contributed by atoms with Gasteiger partial charge in [0.25, 0.3) is 11.2 Å². The van der Waals surface area contributed by atoms with Crippen molar-refractivity contribution in [2.24, 2.45) is 0 Å². The molecule has 9 nitrogen and oxygen atoms in total. The van der Waals surface area contributed by atoms with Crippen molar-refractivity contribution in [3.05, 3.63) is 86.9 Å². The van der Waals surface area contributed by atoms with E-state index < -0.39 is 4.92 Å². The summed E-state index contributed by atoms with van der Waals surface area (Å²) >= 11 is 0. The first-order valence-corrected chi connectivity index (χ1v) is 8.35. The summed E-state index contributed by atoms with van der Waals surface area (Å²) < 4.78 is 6.51. The highest BCUT2D eigenvalue weighted by molar-refractivity contribution is 5.91. The number of non-ortho nitro benzene ring substituents is 1. The lowest BCUT2D eigenvalue weighted by molar-refractivity contribution is -0.384. The number of carbonyl (C=O) groups is 1. The molecule has 3 rings (SSSR count). The minimum absolute atomic E-state index is 0.0173. The number of hydrogen-bond donors (Lipinski definition) is 1. The standard InChI is InChI=1S/C19H16N4O5/c24-18(9-5-14-3-6-15(7-4-14)23(26)27)20-11-12-22-19(25)10-8-16(21-22)17-2-1-13-28-17/h1-10,13H,11-12H2,(H,20,24)/b9-5+. The minimum atomic E-state index is -0.489. The van der Waals surface area contributed by atoms with Gasteiger partial charge in [-0.3, -0.25) is 19.7 Å². The molecule has 0 saturated carbocycles. The summed E-state index contributed by atoms with van der Waals surface area (Å²) in [6, 6.07) is 12.2. The molecule has 28 heavy (non-hydrogen) atoms. The molecule has 9 heteroatoms. The summed E-state index contributed by atoms with van der Waals surface area (Å²) in [6.45, 7) is 0.405. The number of nitrogens with one attached hydrogen (secondary N) is 1. The molecule has 0 fully saturated rings. The van der Waals surface area contributed by atoms with Crippen LogP contribution in [-0.2, 0) is 11.3 Å². The van der Waals surface area contributed by atoms with E-state index in [9.17, 15) is 19.7 Å². The van der Waals surface area contributed by atoms with E-state index in [2.05, 4.69) is 10.4 Å². The van der Waals surface area contributed by atoms with Gasteiger partial charge in [0.1, 0.15) is 5.69 Å². The Hall–Kier alpha value is -4.01. The van der Waals surface area contributed by atoms with Crippen molar-refractivity contribution < 1.29 is 14.1 Å². The Morgan fingerprint density at radius 3 is 2.68 bits per heavy atom. The van der Waals surface area contributed by atoms with Crippen molar-refractivity contribution in [1.29, 1.82) is 0 Å². The van der Waals surface area contributed by atoms with Crippen molar-refractivity contribution >= 4 is 17.7 Å². The quantitative estimate of drug-likeness (QED) is 0.381. The van der Waals surface area contributed by atoms with Gasteiger partial charge in [-0.25, -0.2) is 4.68 Å². The second-order valence-corrected chi connectivity index (χ2v) is 5.73. The Balaban J connectivity index is 1.54. The van der Waals surface area contributed by atoms with Crippen molar-refractivity contribution in [1.82, 2.24) is 15.1 Å². The smallest absolute Gasteiger partial charge is 0.269 e. The van der Waals surface area contributed by atoms with Crippen LogP contribution in [0.25, 0.3) is 17.5 Å². The van der Waals surface area contributed by atoms with Gasteiger partial charge in [0.05, 0.1) is 17.7 Å². The van der Waals surface area contributed by atoms with Gasteiger partial charge in [-0.1, -0.05) is 0 Å². The number of carbonyl (C=O) groups excluding carboxylic acids is 1. The Labute approximate surface area is 159 Å². The third kappa shape index (κ3) is 4.79. The van der Waals surface area contributed by atoms with E-state index in [0.29, 0.717) is 17.0 Å². The first-order chi connectivity index (χ1) is 13.5. The van der Waals surface area contributed by atoms with E-state index in [0.717, 1.165) is 0 Å². The molecule has 0 saturated heterocycles. The summed E-state index contributed by atoms with van der Waals surface area (Å²) in [5.74, 6) is 0.192. The SMILES string of the molecule is O=C(/C=C/c1ccc([N+](=O)[O-])cc1)NCCn1nc(-c2ccco2)ccc1=O. The molecule has 3 aromatic rings. The lowest BCUT2D eigenvalue weighted by Crippen LogP contribution is -2.31. The zero-order valence-electron chi connectivity index (χ0n) is 14.6. The summed E-state index contributed by atoms with van der Waals surface area (Å²) in [6.07, 6.45) is 4.38. The highest BCUT2D eigenvalue weighted by Crippen LogP contribution is 2.15. The van der Waals surface area contributed by atoms with Crippen LogP contribution >= 0.6 is 0 Å². The van der Waals surface area contributed by atoms with Crippen LogP contribution in [0.15, 0.2) is 70.1 Å². The van der Waals surface area contributed by atoms with Gasteiger partial charge in [-0.05, 0) is 42.0 Å². The van der Waals surface area contributed by atoms with E-state index in [4.69, 9.17) is 4.42 Å². The van der Waals surface area contributed by atoms with Crippen LogP contribution in [0.3, 0.4) is 0 Å². The van der Waals surface area contributed by atoms with E-state index in [1.807, 2.05) is 0 Å². The van der Waals surface area contributed by atoms with Crippen LogP contribution in [0, 0.1) is 10.1 Å². The number of nitrogens with zero attached hydrogens (tertiary/aromatic N) is 3. The van der Waals surface area contributed by atoms with Crippen LogP contribution in [0.2, 0.25) is 0 Å². The largest absolute Gasteiger partial charge is 0.463 e. The second-order valence-electron chi connectivity index (χ2n) is 5.73. The van der Waals surface area contributed by atoms with E-state index in [-0.39, 0.29) is 30.2 Å². The van der Waals surface area contributed by atoms with Crippen molar-refractivity contribution in [3.8, 4) is 11.5 Å². The van der Waals surface area contributed by atoms with E-state index >= 15 is 0 Å². The number of hydrogen-bond acceptors (Lipinski definition) is 6. The number of rotatable bonds is 7. The molecular formula is C19H16N4O5. The van der Waals surface area contributed by atoms with Crippen LogP contribution in [-0.4, -0.2) is 27.2 Å². The summed E-state index contributed by atoms with van der Waals surface area (Å²) in [5.41, 5.74) is 0.876. The van der Waals surface area contributed by atoms with Gasteiger partial charge in [0.2, 0.25) is 5.91 Å². The highest BCUT2D eigenvalue weighted by Gasteiger charge is 2.06. The van der Waals surface area contributed by atoms with Gasteiger partial charge in [0.15, 0.2) is 5.76 Å². The number of furan rings is 1. The monoisotopic (exact) mass is 380 g/mol. The Bertz CT molecular complexity index is 1050. The van der Waals surface area contributed by atoms with Crippen LogP contribution in [0.4, 0.5) is 5.69 Å². The summed E-state index contributed by atoms with van der Waals surface area (Å²) in [7, 11) is 0. The molecule has 0 unspecified atom stereocenters. The van der Waals surface area contributed by atoms with Crippen LogP contribution < -0.4 is 10.9 Å². The first kappa shape index (κ1) is 18.8. The topological polar surface area (TPSA) is 120 Å². The lowest BCUT2D eigenvalue weighted by Gasteiger charge is -2.06. The van der Waals surface area contributed by atoms with Gasteiger partial charge in [0, 0.05) is 30.8 Å². The number of aromatic nitrogens is 2. The zero-order valence-corrected chi connectivity index (χ0v) is 14.6. The zero-order chi connectivity index (χ0) is 19.9. The predicted molar refractivity (Wildman–Crippen MR) is 101 cm³/mol. The summed E-state index contributed by atoms with van der Waals surface area (Å²) in [5, 5.41) is 17.5. The number of amides is 1. The molecule has 0 aliphatic rings. The molecule has 0 aliphatic heterocycles. The Morgan fingerprint density at radius 1 is 1.21 bits per heavy atom. The molecule has 2 aromatic heterocycles. The average molecular weight is 380 g/mol. The Kier molecular flexibility index (Phi) is 5.75. The molecule has 0 aliphatic carbocycles. The minimum Gasteiger partial charge on any atom is -0.463 e. The first-order valence-electron chi connectivity index (χ1n) is 8.35. The molecule has 0 spiro atoms. The van der Waals surface area contributed by atoms with Crippen LogP contribution in [0.1, 0.15) is 5.56 Å². The normalized spacial score (nSPS) is 10.9. The fraction of sp³-hybridized carbons (Fsp3) is 0.105. The van der Waals surface area contributed by atoms with Crippen molar-refractivity contribution in [2.45, 2.75) is 6.54 Å². The van der Waals surface area contributed by atoms with Gasteiger partial charge in [-0.15, -0.1) is 0 Å². The molecule has 142 valence electrons. The van der Waals surface area contributed by atoms with Gasteiger partial charge < -0.3 is 9.73 Å². The second kappa shape index (κ2) is 8.58. The van der Waals surface area contributed by atoms with Crippen LogP contribution in [0.5, 0.6) is 0 Å². The molecule has 1 aromatic carbocycles. The average Bonchev–Trinajstić information content (AvgIpc) is 3.23. The number of benzene rings is 1. The third-order valence-corrected chi connectivity index (χ3v) is 3.79. The lowest BCUT2D eigenvalue weighted by atomic mass is 10.2. The van der Waals surface area contributed by atoms with Gasteiger partial charge in [-0.2, -0.15) is 5.10 Å². The molecule has 1 N–H and O–H groups in total. The maximum absolute atomic E-state index is 11.9. The predicted octanol–water partition coefficient (Wildman–Crippen LogP) is 2.24. The fourth-order valence-electron chi connectivity index (χ4n) is 2.39. The molecule has 0 radical (unpaired) electrons. The molecule has 0 atom stereocenters. The maximum Gasteiger partial charge on any atom is 0.269 e. The highest BCUT2D eigenvalue weighted by atomic mass is 16.6. The van der Waals surface area contributed by atoms with Crippen molar-refractivity contribution in [2.75, 3.05) is 6.54 Å². The van der Waals surface area contributed by atoms with Crippen molar-refractivity contribution in [3.63, 3.8) is 0 Å². The molecule has 1 amide bonds. The van der Waals surface area contributed by atoms with Gasteiger partial charge >= 0.3 is 0 Å². The fourth-order valence-corrected chi connectivity index (χ4v) is 2.39. The number of nitro groups is 1. The number of nitro benzene ring substituents is 1. The summed E-state index contributed by atoms with van der Waals surface area (Å²) in [4.78, 5) is 33.9. The maximum atomic E-state index is 11.9. The molecule has 2 heterocycles. The van der Waals surface area contributed by atoms with E-state index in [1.54, 1.807) is 36.4 Å². The molecule has 0 bridgehead atoms. The third-order valence-electron chi connectivity index (χ3n) is 3.79. The van der Waals surface area contributed by atoms with E-state index in [1.165, 1.54) is 35.2 Å².